The summed E-state index contributed by atoms with van der Waals surface area (Å²) in [6, 6.07) is 15.1. The third-order valence-corrected chi connectivity index (χ3v) is 5.44. The highest BCUT2D eigenvalue weighted by Crippen LogP contribution is 2.44. The van der Waals surface area contributed by atoms with Crippen molar-refractivity contribution in [2.45, 2.75) is 51.5 Å². The van der Waals surface area contributed by atoms with Crippen LogP contribution in [0, 0.1) is 0 Å². The van der Waals surface area contributed by atoms with Crippen molar-refractivity contribution in [2.24, 2.45) is 0 Å². The lowest BCUT2D eigenvalue weighted by atomic mass is 9.78. The summed E-state index contributed by atoms with van der Waals surface area (Å²) >= 11 is 0. The first-order chi connectivity index (χ1) is 12.7. The highest BCUT2D eigenvalue weighted by atomic mass is 16.1. The van der Waals surface area contributed by atoms with E-state index in [4.69, 9.17) is 0 Å². The predicted molar refractivity (Wildman–Crippen MR) is 109 cm³/mol. The van der Waals surface area contributed by atoms with Gasteiger partial charge in [0.2, 0.25) is 5.91 Å². The van der Waals surface area contributed by atoms with Crippen molar-refractivity contribution in [3.63, 3.8) is 0 Å². The van der Waals surface area contributed by atoms with Gasteiger partial charge in [0.15, 0.2) is 0 Å². The molecule has 134 valence electrons. The molecule has 2 atom stereocenters. The molecule has 1 aliphatic carbocycles. The van der Waals surface area contributed by atoms with E-state index < -0.39 is 0 Å². The summed E-state index contributed by atoms with van der Waals surface area (Å²) < 4.78 is 0. The molecule has 3 nitrogen and oxygen atoms in total. The molecular weight excluding hydrogens is 320 g/mol. The van der Waals surface area contributed by atoms with Gasteiger partial charge in [-0.2, -0.15) is 0 Å². The van der Waals surface area contributed by atoms with Crippen LogP contribution < -0.4 is 10.6 Å². The fourth-order valence-corrected chi connectivity index (χ4v) is 4.29. The van der Waals surface area contributed by atoms with Crippen LogP contribution in [0.25, 0.3) is 11.6 Å². The zero-order valence-electron chi connectivity index (χ0n) is 15.5. The lowest BCUT2D eigenvalue weighted by molar-refractivity contribution is -0.116. The number of fused-ring (bicyclic) bond motifs is 2. The second-order valence-corrected chi connectivity index (χ2v) is 7.51. The maximum Gasteiger partial charge on any atom is 0.226 e. The molecule has 26 heavy (non-hydrogen) atoms. The number of hydrogen-bond donors (Lipinski definition) is 2. The van der Waals surface area contributed by atoms with Crippen LogP contribution in [0.15, 0.2) is 42.5 Å². The fraction of sp³-hybridized carbons (Fsp3) is 0.348. The molecule has 1 aliphatic heterocycles. The molecule has 2 N–H and O–H groups in total. The van der Waals surface area contributed by atoms with Gasteiger partial charge in [-0.05, 0) is 48.4 Å². The van der Waals surface area contributed by atoms with E-state index in [1.54, 1.807) is 0 Å². The minimum Gasteiger partial charge on any atom is -0.380 e. The topological polar surface area (TPSA) is 41.1 Å². The summed E-state index contributed by atoms with van der Waals surface area (Å²) in [5, 5.41) is 6.62. The second-order valence-electron chi connectivity index (χ2n) is 7.51. The lowest BCUT2D eigenvalue weighted by Gasteiger charge is -2.27. The van der Waals surface area contributed by atoms with E-state index in [9.17, 15) is 4.79 Å². The molecule has 0 saturated carbocycles. The summed E-state index contributed by atoms with van der Waals surface area (Å²) in [5.74, 6) is 0.637. The third-order valence-electron chi connectivity index (χ3n) is 5.44. The van der Waals surface area contributed by atoms with E-state index in [-0.39, 0.29) is 11.9 Å². The summed E-state index contributed by atoms with van der Waals surface area (Å²) in [6.07, 6.45) is 6.25. The van der Waals surface area contributed by atoms with Gasteiger partial charge in [-0.25, -0.2) is 0 Å². The van der Waals surface area contributed by atoms with Crippen LogP contribution in [0.4, 0.5) is 11.4 Å². The summed E-state index contributed by atoms with van der Waals surface area (Å²) in [7, 11) is 0. The average molecular weight is 346 g/mol. The Labute approximate surface area is 155 Å². The Hall–Kier alpha value is -2.55. The molecule has 0 spiro atoms. The normalized spacial score (nSPS) is 21.6. The molecule has 0 bridgehead atoms. The van der Waals surface area contributed by atoms with Gasteiger partial charge < -0.3 is 10.6 Å². The zero-order valence-corrected chi connectivity index (χ0v) is 15.5. The Morgan fingerprint density at radius 2 is 1.92 bits per heavy atom. The SMILES string of the molecule is CCCC1CC(c2cccc3c2N[C@H](C)CC(=O)N3)=Cc2ccccc21. The molecule has 0 saturated heterocycles. The molecule has 0 radical (unpaired) electrons. The van der Waals surface area contributed by atoms with Crippen molar-refractivity contribution >= 4 is 28.9 Å². The molecule has 2 aromatic carbocycles. The van der Waals surface area contributed by atoms with Crippen molar-refractivity contribution < 1.29 is 4.79 Å². The smallest absolute Gasteiger partial charge is 0.226 e. The van der Waals surface area contributed by atoms with Gasteiger partial charge in [-0.15, -0.1) is 0 Å². The maximum atomic E-state index is 12.1. The summed E-state index contributed by atoms with van der Waals surface area (Å²) in [6.45, 7) is 4.32. The van der Waals surface area contributed by atoms with Crippen LogP contribution in [0.2, 0.25) is 0 Å². The van der Waals surface area contributed by atoms with Crippen LogP contribution in [-0.4, -0.2) is 11.9 Å². The Bertz CT molecular complexity index is 868. The van der Waals surface area contributed by atoms with E-state index in [1.807, 2.05) is 12.1 Å². The van der Waals surface area contributed by atoms with Gasteiger partial charge in [0.25, 0.3) is 0 Å². The molecule has 4 rings (SSSR count). The standard InChI is InChI=1S/C23H26N2O/c1-3-7-16-13-18(14-17-8-4-5-9-19(16)17)20-10-6-11-21-23(20)24-15(2)12-22(26)25-21/h4-6,8-11,14-16,24H,3,7,12-13H2,1-2H3,(H,25,26)/t15-,16?/m1/s1. The first-order valence-electron chi connectivity index (χ1n) is 9.65. The minimum atomic E-state index is 0.0766. The van der Waals surface area contributed by atoms with Gasteiger partial charge in [0, 0.05) is 18.0 Å². The number of para-hydroxylation sites is 1. The number of nitrogens with one attached hydrogen (secondary N) is 2. The summed E-state index contributed by atoms with van der Waals surface area (Å²) in [4.78, 5) is 12.1. The van der Waals surface area contributed by atoms with Gasteiger partial charge >= 0.3 is 0 Å². The first-order valence-corrected chi connectivity index (χ1v) is 9.65. The molecule has 0 fully saturated rings. The van der Waals surface area contributed by atoms with Crippen LogP contribution in [0.3, 0.4) is 0 Å². The molecular formula is C23H26N2O. The second kappa shape index (κ2) is 6.99. The Balaban J connectivity index is 1.80. The largest absolute Gasteiger partial charge is 0.380 e. The van der Waals surface area contributed by atoms with E-state index >= 15 is 0 Å². The fourth-order valence-electron chi connectivity index (χ4n) is 4.29. The van der Waals surface area contributed by atoms with E-state index in [0.717, 1.165) is 17.8 Å². The Kier molecular flexibility index (Phi) is 4.54. The van der Waals surface area contributed by atoms with Crippen molar-refractivity contribution in [1.82, 2.24) is 0 Å². The van der Waals surface area contributed by atoms with Crippen molar-refractivity contribution in [2.75, 3.05) is 10.6 Å². The van der Waals surface area contributed by atoms with Crippen LogP contribution in [-0.2, 0) is 4.79 Å². The monoisotopic (exact) mass is 346 g/mol. The number of rotatable bonds is 3. The average Bonchev–Trinajstić information content (AvgIpc) is 2.77. The van der Waals surface area contributed by atoms with Crippen molar-refractivity contribution in [3.8, 4) is 0 Å². The number of amides is 1. The molecule has 2 aromatic rings. The van der Waals surface area contributed by atoms with Crippen LogP contribution in [0.1, 0.15) is 62.1 Å². The number of anilines is 2. The maximum absolute atomic E-state index is 12.1. The third kappa shape index (κ3) is 3.14. The van der Waals surface area contributed by atoms with Crippen LogP contribution >= 0.6 is 0 Å². The highest BCUT2D eigenvalue weighted by molar-refractivity contribution is 6.00. The van der Waals surface area contributed by atoms with E-state index in [0.29, 0.717) is 12.3 Å². The van der Waals surface area contributed by atoms with E-state index in [2.05, 4.69) is 60.9 Å². The number of allylic oxidation sites excluding steroid dienone is 1. The number of benzene rings is 2. The molecule has 1 heterocycles. The molecule has 0 aromatic heterocycles. The summed E-state index contributed by atoms with van der Waals surface area (Å²) in [5.41, 5.74) is 7.32. The number of carbonyl (C=O) groups is 1. The van der Waals surface area contributed by atoms with Gasteiger partial charge in [-0.1, -0.05) is 55.8 Å². The highest BCUT2D eigenvalue weighted by Gasteiger charge is 2.25. The first kappa shape index (κ1) is 16.9. The Morgan fingerprint density at radius 3 is 2.77 bits per heavy atom. The molecule has 3 heteroatoms. The quantitative estimate of drug-likeness (QED) is 0.753. The van der Waals surface area contributed by atoms with E-state index in [1.165, 1.54) is 35.1 Å². The molecule has 2 aliphatic rings. The van der Waals surface area contributed by atoms with Crippen LogP contribution in [0.5, 0.6) is 0 Å². The predicted octanol–water partition coefficient (Wildman–Crippen LogP) is 5.66. The number of carbonyl (C=O) groups excluding carboxylic acids is 1. The number of hydrogen-bond acceptors (Lipinski definition) is 2. The van der Waals surface area contributed by atoms with Gasteiger partial charge in [-0.3, -0.25) is 4.79 Å². The van der Waals surface area contributed by atoms with Crippen molar-refractivity contribution in [1.29, 1.82) is 0 Å². The molecule has 1 amide bonds. The van der Waals surface area contributed by atoms with Gasteiger partial charge in [0.1, 0.15) is 0 Å². The van der Waals surface area contributed by atoms with Gasteiger partial charge in [0.05, 0.1) is 11.4 Å². The minimum absolute atomic E-state index is 0.0766. The Morgan fingerprint density at radius 1 is 1.08 bits per heavy atom. The molecule has 1 unspecified atom stereocenters. The zero-order chi connectivity index (χ0) is 18.1. The van der Waals surface area contributed by atoms with Crippen molar-refractivity contribution in [3.05, 3.63) is 59.2 Å². The lowest BCUT2D eigenvalue weighted by Crippen LogP contribution is -2.19.